The van der Waals surface area contributed by atoms with Crippen molar-refractivity contribution in [3.05, 3.63) is 52.8 Å². The molecule has 0 saturated carbocycles. The van der Waals surface area contributed by atoms with E-state index in [-0.39, 0.29) is 18.0 Å². The SMILES string of the molecule is CC[C@@H](NC(=O)c1cnc2c(cnn2CC)c1NC1CCN(C(N)=O)CC1)c1ccc(C)cc1C. The van der Waals surface area contributed by atoms with Crippen molar-refractivity contribution in [2.24, 2.45) is 5.73 Å². The quantitative estimate of drug-likeness (QED) is 0.477. The minimum Gasteiger partial charge on any atom is -0.381 e. The summed E-state index contributed by atoms with van der Waals surface area (Å²) < 4.78 is 1.82. The first-order valence-corrected chi connectivity index (χ1v) is 12.4. The van der Waals surface area contributed by atoms with Gasteiger partial charge in [0.1, 0.15) is 0 Å². The van der Waals surface area contributed by atoms with E-state index in [1.54, 1.807) is 17.3 Å². The first-order valence-electron chi connectivity index (χ1n) is 12.4. The highest BCUT2D eigenvalue weighted by atomic mass is 16.2. The van der Waals surface area contributed by atoms with Crippen molar-refractivity contribution >= 4 is 28.7 Å². The van der Waals surface area contributed by atoms with Crippen LogP contribution in [0.1, 0.15) is 66.2 Å². The molecule has 3 amide bonds. The van der Waals surface area contributed by atoms with E-state index in [1.165, 1.54) is 5.56 Å². The summed E-state index contributed by atoms with van der Waals surface area (Å²) in [5.74, 6) is -0.174. The third-order valence-corrected chi connectivity index (χ3v) is 6.88. The van der Waals surface area contributed by atoms with Crippen LogP contribution in [0.25, 0.3) is 11.0 Å². The Bertz CT molecular complexity index is 1230. The summed E-state index contributed by atoms with van der Waals surface area (Å²) in [7, 11) is 0. The van der Waals surface area contributed by atoms with Gasteiger partial charge in [0.15, 0.2) is 5.65 Å². The number of nitrogens with zero attached hydrogens (tertiary/aromatic N) is 4. The average molecular weight is 478 g/mol. The molecular formula is C26H35N7O2. The molecule has 0 radical (unpaired) electrons. The maximum atomic E-state index is 13.6. The Labute approximate surface area is 206 Å². The number of nitrogens with two attached hydrogens (primary N) is 1. The molecule has 9 nitrogen and oxygen atoms in total. The molecular weight excluding hydrogens is 442 g/mol. The molecule has 3 aromatic rings. The number of aryl methyl sites for hydroxylation is 3. The van der Waals surface area contributed by atoms with E-state index >= 15 is 0 Å². The molecule has 9 heteroatoms. The topological polar surface area (TPSA) is 118 Å². The molecule has 1 fully saturated rings. The van der Waals surface area contributed by atoms with Gasteiger partial charge in [0.05, 0.1) is 28.9 Å². The number of hydrogen-bond donors (Lipinski definition) is 3. The molecule has 1 aromatic carbocycles. The Morgan fingerprint density at radius 2 is 1.91 bits per heavy atom. The van der Waals surface area contributed by atoms with Crippen LogP contribution in [0.5, 0.6) is 0 Å². The van der Waals surface area contributed by atoms with Crippen molar-refractivity contribution in [2.45, 2.75) is 65.6 Å². The number of rotatable bonds is 7. The summed E-state index contributed by atoms with van der Waals surface area (Å²) in [6.07, 6.45) is 5.67. The fourth-order valence-electron chi connectivity index (χ4n) is 4.89. The number of amides is 3. The fraction of sp³-hybridized carbons (Fsp3) is 0.462. The van der Waals surface area contributed by atoms with Crippen LogP contribution in [0.4, 0.5) is 10.5 Å². The van der Waals surface area contributed by atoms with Gasteiger partial charge in [0.2, 0.25) is 0 Å². The monoisotopic (exact) mass is 477 g/mol. The molecule has 2 aromatic heterocycles. The van der Waals surface area contributed by atoms with Gasteiger partial charge < -0.3 is 21.3 Å². The van der Waals surface area contributed by atoms with Crippen LogP contribution in [0, 0.1) is 13.8 Å². The van der Waals surface area contributed by atoms with E-state index in [9.17, 15) is 9.59 Å². The maximum Gasteiger partial charge on any atom is 0.314 e. The van der Waals surface area contributed by atoms with Gasteiger partial charge in [-0.1, -0.05) is 30.7 Å². The lowest BCUT2D eigenvalue weighted by Crippen LogP contribution is -2.45. The third-order valence-electron chi connectivity index (χ3n) is 6.88. The first kappa shape index (κ1) is 24.5. The summed E-state index contributed by atoms with van der Waals surface area (Å²) in [6.45, 7) is 10.1. The van der Waals surface area contributed by atoms with Gasteiger partial charge in [-0.3, -0.25) is 4.79 Å². The Kier molecular flexibility index (Phi) is 7.23. The highest BCUT2D eigenvalue weighted by molar-refractivity contribution is 6.06. The Balaban J connectivity index is 1.64. The number of carbonyl (C=O) groups excluding carboxylic acids is 2. The molecule has 0 aliphatic carbocycles. The second-order valence-electron chi connectivity index (χ2n) is 9.28. The Morgan fingerprint density at radius 3 is 2.54 bits per heavy atom. The predicted octanol–water partition coefficient (Wildman–Crippen LogP) is 3.90. The zero-order chi connectivity index (χ0) is 25.1. The van der Waals surface area contributed by atoms with Crippen LogP contribution in [0.15, 0.2) is 30.6 Å². The number of likely N-dealkylation sites (tertiary alicyclic amines) is 1. The van der Waals surface area contributed by atoms with Crippen LogP contribution in [-0.4, -0.2) is 50.7 Å². The molecule has 0 bridgehead atoms. The molecule has 3 heterocycles. The summed E-state index contributed by atoms with van der Waals surface area (Å²) in [4.78, 5) is 31.4. The smallest absolute Gasteiger partial charge is 0.314 e. The number of primary amides is 1. The van der Waals surface area contributed by atoms with Gasteiger partial charge in [-0.05, 0) is 51.2 Å². The van der Waals surface area contributed by atoms with E-state index in [0.717, 1.165) is 47.1 Å². The van der Waals surface area contributed by atoms with Crippen LogP contribution in [-0.2, 0) is 6.54 Å². The molecule has 186 valence electrons. The standard InChI is InChI=1S/C26H35N7O2/c1-5-22(19-8-7-16(3)13-17(19)4)31-25(34)21-14-28-24-20(15-29-33(24)6-2)23(21)30-18-9-11-32(12-10-18)26(27)35/h7-8,13-15,18,22H,5-6,9-12H2,1-4H3,(H2,27,35)(H,28,30)(H,31,34)/t22-/m1/s1. The van der Waals surface area contributed by atoms with Crippen molar-refractivity contribution in [1.82, 2.24) is 25.0 Å². The summed E-state index contributed by atoms with van der Waals surface area (Å²) in [6, 6.07) is 5.92. The number of benzene rings is 1. The van der Waals surface area contributed by atoms with E-state index in [1.807, 2.05) is 11.6 Å². The van der Waals surface area contributed by atoms with Crippen LogP contribution in [0.2, 0.25) is 0 Å². The highest BCUT2D eigenvalue weighted by Gasteiger charge is 2.26. The second kappa shape index (κ2) is 10.3. The molecule has 4 rings (SSSR count). The average Bonchev–Trinajstić information content (AvgIpc) is 3.27. The number of urea groups is 1. The normalized spacial score (nSPS) is 15.3. The number of nitrogens with one attached hydrogen (secondary N) is 2. The number of piperidine rings is 1. The lowest BCUT2D eigenvalue weighted by Gasteiger charge is -2.32. The number of carbonyl (C=O) groups is 2. The third kappa shape index (κ3) is 5.08. The van der Waals surface area contributed by atoms with Gasteiger partial charge in [0, 0.05) is 31.9 Å². The summed E-state index contributed by atoms with van der Waals surface area (Å²) in [5.41, 5.74) is 10.9. The van der Waals surface area contributed by atoms with Gasteiger partial charge in [0.25, 0.3) is 5.91 Å². The predicted molar refractivity (Wildman–Crippen MR) is 137 cm³/mol. The largest absolute Gasteiger partial charge is 0.381 e. The van der Waals surface area contributed by atoms with Crippen molar-refractivity contribution in [3.63, 3.8) is 0 Å². The zero-order valence-electron chi connectivity index (χ0n) is 21.0. The van der Waals surface area contributed by atoms with Gasteiger partial charge in [-0.15, -0.1) is 0 Å². The Hall–Kier alpha value is -3.62. The van der Waals surface area contributed by atoms with Crippen LogP contribution in [0.3, 0.4) is 0 Å². The van der Waals surface area contributed by atoms with Crippen LogP contribution >= 0.6 is 0 Å². The highest BCUT2D eigenvalue weighted by Crippen LogP contribution is 2.30. The lowest BCUT2D eigenvalue weighted by atomic mass is 9.97. The number of anilines is 1. The van der Waals surface area contributed by atoms with Gasteiger partial charge in [-0.25, -0.2) is 14.5 Å². The van der Waals surface area contributed by atoms with Gasteiger partial charge in [-0.2, -0.15) is 5.10 Å². The summed E-state index contributed by atoms with van der Waals surface area (Å²) >= 11 is 0. The minimum atomic E-state index is -0.393. The number of pyridine rings is 1. The van der Waals surface area contributed by atoms with Crippen molar-refractivity contribution in [2.75, 3.05) is 18.4 Å². The van der Waals surface area contributed by atoms with Crippen LogP contribution < -0.4 is 16.4 Å². The minimum absolute atomic E-state index is 0.106. The molecule has 0 spiro atoms. The molecule has 1 aliphatic heterocycles. The van der Waals surface area contributed by atoms with E-state index < -0.39 is 6.03 Å². The number of hydrogen-bond acceptors (Lipinski definition) is 5. The van der Waals surface area contributed by atoms with E-state index in [2.05, 4.69) is 59.7 Å². The molecule has 0 unspecified atom stereocenters. The zero-order valence-corrected chi connectivity index (χ0v) is 21.0. The Morgan fingerprint density at radius 1 is 1.17 bits per heavy atom. The molecule has 4 N–H and O–H groups in total. The van der Waals surface area contributed by atoms with E-state index in [4.69, 9.17) is 5.73 Å². The van der Waals surface area contributed by atoms with E-state index in [0.29, 0.717) is 25.2 Å². The molecule has 35 heavy (non-hydrogen) atoms. The lowest BCUT2D eigenvalue weighted by molar-refractivity contribution is 0.0936. The number of aromatic nitrogens is 3. The first-order chi connectivity index (χ1) is 16.8. The maximum absolute atomic E-state index is 13.6. The fourth-order valence-corrected chi connectivity index (χ4v) is 4.89. The molecule has 1 atom stereocenters. The number of fused-ring (bicyclic) bond motifs is 1. The van der Waals surface area contributed by atoms with Crippen molar-refractivity contribution in [1.29, 1.82) is 0 Å². The molecule has 1 aliphatic rings. The molecule has 1 saturated heterocycles. The van der Waals surface area contributed by atoms with Crippen molar-refractivity contribution < 1.29 is 9.59 Å². The summed E-state index contributed by atoms with van der Waals surface area (Å²) in [5, 5.41) is 12.1. The van der Waals surface area contributed by atoms with Gasteiger partial charge >= 0.3 is 6.03 Å². The second-order valence-corrected chi connectivity index (χ2v) is 9.28. The van der Waals surface area contributed by atoms with Crippen molar-refractivity contribution in [3.8, 4) is 0 Å².